The van der Waals surface area contributed by atoms with Gasteiger partial charge >= 0.3 is 0 Å². The minimum absolute atomic E-state index is 0.116. The Bertz CT molecular complexity index is 441. The fraction of sp³-hybridized carbons (Fsp3) is 0.500. The number of nitrogens with one attached hydrogen (secondary N) is 1. The third-order valence-corrected chi connectivity index (χ3v) is 4.57. The van der Waals surface area contributed by atoms with Gasteiger partial charge in [-0.15, -0.1) is 0 Å². The van der Waals surface area contributed by atoms with Crippen molar-refractivity contribution in [3.63, 3.8) is 0 Å². The molecule has 1 aliphatic carbocycles. The molecule has 1 saturated carbocycles. The van der Waals surface area contributed by atoms with Gasteiger partial charge in [-0.3, -0.25) is 4.79 Å². The predicted molar refractivity (Wildman–Crippen MR) is 83.9 cm³/mol. The first-order valence-electron chi connectivity index (χ1n) is 6.32. The van der Waals surface area contributed by atoms with Crippen molar-refractivity contribution in [2.45, 2.75) is 32.6 Å². The maximum Gasteiger partial charge on any atom is 0.227 e. The van der Waals surface area contributed by atoms with Gasteiger partial charge in [-0.2, -0.15) is 0 Å². The van der Waals surface area contributed by atoms with Gasteiger partial charge in [-0.25, -0.2) is 0 Å². The highest BCUT2D eigenvalue weighted by Crippen LogP contribution is 2.30. The second kappa shape index (κ2) is 6.24. The Hall–Kier alpha value is -0.290. The van der Waals surface area contributed by atoms with Crippen molar-refractivity contribution in [2.75, 3.05) is 5.32 Å². The van der Waals surface area contributed by atoms with E-state index in [-0.39, 0.29) is 11.8 Å². The standard InChI is InChI=1S/C14H17ClINO/c1-9-2-4-10(5-3-9)14(18)17-13-8-11(16)6-7-12(13)15/h6-10H,2-5H2,1H3,(H,17,18). The molecule has 1 fully saturated rings. The number of anilines is 1. The molecular formula is C14H17ClINO. The molecule has 0 saturated heterocycles. The van der Waals surface area contributed by atoms with E-state index in [2.05, 4.69) is 34.8 Å². The Morgan fingerprint density at radius 2 is 2.00 bits per heavy atom. The summed E-state index contributed by atoms with van der Waals surface area (Å²) in [7, 11) is 0. The van der Waals surface area contributed by atoms with Crippen LogP contribution < -0.4 is 5.32 Å². The third kappa shape index (κ3) is 3.60. The van der Waals surface area contributed by atoms with Crippen molar-refractivity contribution in [3.05, 3.63) is 26.8 Å². The molecule has 0 bridgehead atoms. The maximum absolute atomic E-state index is 12.2. The lowest BCUT2D eigenvalue weighted by molar-refractivity contribution is -0.121. The molecular weight excluding hydrogens is 361 g/mol. The van der Waals surface area contributed by atoms with E-state index in [0.29, 0.717) is 5.02 Å². The number of amides is 1. The van der Waals surface area contributed by atoms with Crippen LogP contribution in [0.5, 0.6) is 0 Å². The normalized spacial score (nSPS) is 23.7. The average molecular weight is 378 g/mol. The van der Waals surface area contributed by atoms with Crippen LogP contribution in [0.3, 0.4) is 0 Å². The topological polar surface area (TPSA) is 29.1 Å². The zero-order valence-electron chi connectivity index (χ0n) is 10.4. The van der Waals surface area contributed by atoms with Gasteiger partial charge in [0.1, 0.15) is 0 Å². The summed E-state index contributed by atoms with van der Waals surface area (Å²) in [6.07, 6.45) is 4.29. The number of hydrogen-bond donors (Lipinski definition) is 1. The average Bonchev–Trinajstić information content (AvgIpc) is 2.34. The molecule has 0 aromatic heterocycles. The quantitative estimate of drug-likeness (QED) is 0.743. The molecule has 1 aromatic carbocycles. The van der Waals surface area contributed by atoms with Crippen molar-refractivity contribution in [3.8, 4) is 0 Å². The maximum atomic E-state index is 12.2. The van der Waals surface area contributed by atoms with E-state index in [4.69, 9.17) is 11.6 Å². The Morgan fingerprint density at radius 1 is 1.33 bits per heavy atom. The SMILES string of the molecule is CC1CCC(C(=O)Nc2cc(I)ccc2Cl)CC1. The number of rotatable bonds is 2. The summed E-state index contributed by atoms with van der Waals surface area (Å²) in [4.78, 5) is 12.2. The molecule has 1 N–H and O–H groups in total. The zero-order chi connectivity index (χ0) is 13.1. The molecule has 1 aliphatic rings. The van der Waals surface area contributed by atoms with E-state index in [9.17, 15) is 4.79 Å². The lowest BCUT2D eigenvalue weighted by atomic mass is 9.82. The van der Waals surface area contributed by atoms with Gasteiger partial charge in [0.15, 0.2) is 0 Å². The van der Waals surface area contributed by atoms with E-state index in [1.165, 1.54) is 0 Å². The summed E-state index contributed by atoms with van der Waals surface area (Å²) in [5, 5.41) is 3.56. The Balaban J connectivity index is 2.00. The van der Waals surface area contributed by atoms with Gasteiger partial charge in [0.25, 0.3) is 0 Å². The minimum atomic E-state index is 0.116. The lowest BCUT2D eigenvalue weighted by Gasteiger charge is -2.25. The van der Waals surface area contributed by atoms with Gasteiger partial charge in [0.2, 0.25) is 5.91 Å². The summed E-state index contributed by atoms with van der Waals surface area (Å²) < 4.78 is 1.07. The van der Waals surface area contributed by atoms with Crippen LogP contribution in [-0.4, -0.2) is 5.91 Å². The van der Waals surface area contributed by atoms with E-state index < -0.39 is 0 Å². The molecule has 0 heterocycles. The largest absolute Gasteiger partial charge is 0.324 e. The smallest absolute Gasteiger partial charge is 0.227 e. The highest BCUT2D eigenvalue weighted by atomic mass is 127. The molecule has 0 unspecified atom stereocenters. The molecule has 2 rings (SSSR count). The molecule has 0 spiro atoms. The van der Waals surface area contributed by atoms with Gasteiger partial charge in [0, 0.05) is 9.49 Å². The summed E-state index contributed by atoms with van der Waals surface area (Å²) in [6, 6.07) is 5.66. The summed E-state index contributed by atoms with van der Waals surface area (Å²) in [5.74, 6) is 1.02. The molecule has 18 heavy (non-hydrogen) atoms. The zero-order valence-corrected chi connectivity index (χ0v) is 13.3. The van der Waals surface area contributed by atoms with Crippen molar-refractivity contribution in [1.82, 2.24) is 0 Å². The van der Waals surface area contributed by atoms with Crippen LogP contribution in [0.15, 0.2) is 18.2 Å². The second-order valence-corrected chi connectivity index (χ2v) is 6.72. The first kappa shape index (κ1) is 14.1. The molecule has 2 nitrogen and oxygen atoms in total. The minimum Gasteiger partial charge on any atom is -0.324 e. The molecule has 98 valence electrons. The first-order chi connectivity index (χ1) is 8.56. The second-order valence-electron chi connectivity index (χ2n) is 5.07. The lowest BCUT2D eigenvalue weighted by Crippen LogP contribution is -2.26. The van der Waals surface area contributed by atoms with Gasteiger partial charge in [0.05, 0.1) is 10.7 Å². The fourth-order valence-electron chi connectivity index (χ4n) is 2.35. The Kier molecular flexibility index (Phi) is 4.90. The molecule has 0 radical (unpaired) electrons. The highest BCUT2D eigenvalue weighted by Gasteiger charge is 2.24. The molecule has 1 aromatic rings. The van der Waals surface area contributed by atoms with Crippen molar-refractivity contribution in [2.24, 2.45) is 11.8 Å². The number of carbonyl (C=O) groups is 1. The van der Waals surface area contributed by atoms with Crippen LogP contribution in [0.25, 0.3) is 0 Å². The fourth-order valence-corrected chi connectivity index (χ4v) is 3.01. The van der Waals surface area contributed by atoms with Crippen LogP contribution in [0.4, 0.5) is 5.69 Å². The van der Waals surface area contributed by atoms with Gasteiger partial charge in [-0.05, 0) is 72.4 Å². The number of carbonyl (C=O) groups excluding carboxylic acids is 1. The predicted octanol–water partition coefficient (Wildman–Crippen LogP) is 4.71. The highest BCUT2D eigenvalue weighted by molar-refractivity contribution is 14.1. The van der Waals surface area contributed by atoms with Crippen molar-refractivity contribution in [1.29, 1.82) is 0 Å². The van der Waals surface area contributed by atoms with E-state index >= 15 is 0 Å². The third-order valence-electron chi connectivity index (χ3n) is 3.57. The van der Waals surface area contributed by atoms with Gasteiger partial charge < -0.3 is 5.32 Å². The van der Waals surface area contributed by atoms with E-state index in [1.807, 2.05) is 18.2 Å². The molecule has 4 heteroatoms. The van der Waals surface area contributed by atoms with E-state index in [1.54, 1.807) is 0 Å². The Labute approximate surface area is 127 Å². The molecule has 1 amide bonds. The Morgan fingerprint density at radius 3 is 2.67 bits per heavy atom. The summed E-state index contributed by atoms with van der Waals surface area (Å²) in [5.41, 5.74) is 0.729. The monoisotopic (exact) mass is 377 g/mol. The van der Waals surface area contributed by atoms with E-state index in [0.717, 1.165) is 40.9 Å². The van der Waals surface area contributed by atoms with Crippen LogP contribution in [0.1, 0.15) is 32.6 Å². The van der Waals surface area contributed by atoms with Gasteiger partial charge in [-0.1, -0.05) is 18.5 Å². The van der Waals surface area contributed by atoms with Crippen molar-refractivity contribution >= 4 is 45.8 Å². The van der Waals surface area contributed by atoms with Crippen LogP contribution in [0, 0.1) is 15.4 Å². The van der Waals surface area contributed by atoms with Crippen LogP contribution >= 0.6 is 34.2 Å². The van der Waals surface area contributed by atoms with Crippen LogP contribution in [-0.2, 0) is 4.79 Å². The number of halogens is 2. The first-order valence-corrected chi connectivity index (χ1v) is 7.78. The van der Waals surface area contributed by atoms with Crippen LogP contribution in [0.2, 0.25) is 5.02 Å². The summed E-state index contributed by atoms with van der Waals surface area (Å²) >= 11 is 8.30. The van der Waals surface area contributed by atoms with Crippen molar-refractivity contribution < 1.29 is 4.79 Å². The molecule has 0 aliphatic heterocycles. The number of benzene rings is 1. The summed E-state index contributed by atoms with van der Waals surface area (Å²) in [6.45, 7) is 2.25. The number of hydrogen-bond acceptors (Lipinski definition) is 1. The molecule has 0 atom stereocenters.